The number of benzene rings is 2. The van der Waals surface area contributed by atoms with E-state index in [0.29, 0.717) is 30.6 Å². The van der Waals surface area contributed by atoms with Crippen LogP contribution < -0.4 is 4.74 Å². The van der Waals surface area contributed by atoms with Gasteiger partial charge in [0.25, 0.3) is 0 Å². The number of hydrogen-bond donors (Lipinski definition) is 3. The molecule has 0 unspecified atom stereocenters. The number of likely N-dealkylation sites (tertiary alicyclic amines) is 1. The summed E-state index contributed by atoms with van der Waals surface area (Å²) in [5.41, 5.74) is 3.25. The van der Waals surface area contributed by atoms with Crippen LogP contribution >= 0.6 is 0 Å². The van der Waals surface area contributed by atoms with Gasteiger partial charge in [-0.15, -0.1) is 0 Å². The van der Waals surface area contributed by atoms with Crippen molar-refractivity contribution < 1.29 is 29.6 Å². The van der Waals surface area contributed by atoms with Crippen molar-refractivity contribution in [2.45, 2.75) is 32.3 Å². The van der Waals surface area contributed by atoms with Gasteiger partial charge in [-0.2, -0.15) is 0 Å². The molecule has 2 aromatic carbocycles. The maximum absolute atomic E-state index is 12.9. The lowest BCUT2D eigenvalue weighted by Gasteiger charge is -2.36. The van der Waals surface area contributed by atoms with Crippen LogP contribution in [-0.2, 0) is 9.59 Å². The number of aromatic hydroxyl groups is 1. The van der Waals surface area contributed by atoms with Gasteiger partial charge >= 0.3 is 0 Å². The van der Waals surface area contributed by atoms with Crippen molar-refractivity contribution in [3.05, 3.63) is 76.9 Å². The second-order valence-electron chi connectivity index (χ2n) is 9.66. The normalized spacial score (nSPS) is 23.2. The predicted molar refractivity (Wildman–Crippen MR) is 136 cm³/mol. The van der Waals surface area contributed by atoms with Gasteiger partial charge in [0.05, 0.1) is 24.5 Å². The first kappa shape index (κ1) is 25.7. The summed E-state index contributed by atoms with van der Waals surface area (Å²) in [6.07, 6.45) is 2.32. The number of phenolic OH excluding ortho intramolecular Hbond substituents is 1. The van der Waals surface area contributed by atoms with Crippen molar-refractivity contribution in [1.82, 2.24) is 4.90 Å². The monoisotopic (exact) mass is 491 g/mol. The van der Waals surface area contributed by atoms with E-state index < -0.39 is 23.9 Å². The highest BCUT2D eigenvalue weighted by molar-refractivity contribution is 6.05. The quantitative estimate of drug-likeness (QED) is 0.366. The molecule has 7 nitrogen and oxygen atoms in total. The van der Waals surface area contributed by atoms with Crippen molar-refractivity contribution >= 4 is 17.9 Å². The van der Waals surface area contributed by atoms with Crippen LogP contribution in [0, 0.1) is 17.8 Å². The fourth-order valence-corrected chi connectivity index (χ4v) is 5.43. The highest BCUT2D eigenvalue weighted by Crippen LogP contribution is 2.46. The van der Waals surface area contributed by atoms with Gasteiger partial charge in [0.15, 0.2) is 0 Å². The molecule has 1 aliphatic heterocycles. The minimum Gasteiger partial charge on any atom is -0.508 e. The number of phenols is 1. The second-order valence-corrected chi connectivity index (χ2v) is 9.66. The van der Waals surface area contributed by atoms with Crippen molar-refractivity contribution in [2.75, 3.05) is 20.3 Å². The standard InChI is InChI=1S/C29H33NO6/c1-18(13-19-7-6-8-21(32)14-19)11-12-25(33)26-20(17-36-22-9-4-3-5-10-22)15-23-27(24(26)16-31)29(35)30(2)28(23)34/h3-10,13-14,23-25,27,31-33H,11-12,15-17H2,1-2H3/b18-13+/t23-,24+,25-,27-/m1/s1. The topological polar surface area (TPSA) is 107 Å². The molecule has 1 fully saturated rings. The number of carbonyl (C=O) groups excluding carboxylic acids is 2. The fourth-order valence-electron chi connectivity index (χ4n) is 5.43. The van der Waals surface area contributed by atoms with E-state index in [4.69, 9.17) is 4.74 Å². The van der Waals surface area contributed by atoms with Gasteiger partial charge in [-0.05, 0) is 67.2 Å². The molecule has 4 rings (SSSR count). The molecule has 1 aliphatic carbocycles. The molecular formula is C29H33NO6. The molecule has 1 saturated heterocycles. The molecule has 36 heavy (non-hydrogen) atoms. The van der Waals surface area contributed by atoms with Crippen molar-refractivity contribution in [3.63, 3.8) is 0 Å². The van der Waals surface area contributed by atoms with E-state index in [9.17, 15) is 24.9 Å². The average molecular weight is 492 g/mol. The van der Waals surface area contributed by atoms with E-state index in [1.165, 1.54) is 7.05 Å². The number of carbonyl (C=O) groups is 2. The van der Waals surface area contributed by atoms with Gasteiger partial charge in [0, 0.05) is 13.0 Å². The summed E-state index contributed by atoms with van der Waals surface area (Å²) in [7, 11) is 1.48. The zero-order valence-electron chi connectivity index (χ0n) is 20.6. The number of nitrogens with zero attached hydrogens (tertiary/aromatic N) is 1. The number of allylic oxidation sites excluding steroid dienone is 1. The van der Waals surface area contributed by atoms with Crippen LogP contribution in [0.2, 0.25) is 0 Å². The Morgan fingerprint density at radius 3 is 2.58 bits per heavy atom. The molecule has 1 heterocycles. The number of imide groups is 1. The fraction of sp³-hybridized carbons (Fsp3) is 0.379. The molecular weight excluding hydrogens is 458 g/mol. The zero-order valence-corrected chi connectivity index (χ0v) is 20.6. The number of fused-ring (bicyclic) bond motifs is 1. The minimum absolute atomic E-state index is 0.166. The molecule has 0 bridgehead atoms. The Labute approximate surface area is 211 Å². The van der Waals surface area contributed by atoms with Crippen LogP contribution in [0.5, 0.6) is 11.5 Å². The summed E-state index contributed by atoms with van der Waals surface area (Å²) < 4.78 is 5.98. The molecule has 2 aliphatic rings. The second kappa shape index (κ2) is 11.1. The third-order valence-corrected chi connectivity index (χ3v) is 7.21. The lowest BCUT2D eigenvalue weighted by atomic mass is 9.68. The largest absolute Gasteiger partial charge is 0.508 e. The molecule has 0 spiro atoms. The molecule has 0 radical (unpaired) electrons. The Morgan fingerprint density at radius 2 is 1.89 bits per heavy atom. The third kappa shape index (κ3) is 5.37. The number of rotatable bonds is 9. The Bertz CT molecular complexity index is 1170. The van der Waals surface area contributed by atoms with Gasteiger partial charge in [-0.1, -0.05) is 42.0 Å². The first-order chi connectivity index (χ1) is 17.3. The van der Waals surface area contributed by atoms with E-state index in [1.807, 2.05) is 49.4 Å². The van der Waals surface area contributed by atoms with Gasteiger partial charge in [0.1, 0.15) is 18.1 Å². The molecule has 0 aromatic heterocycles. The molecule has 2 aromatic rings. The number of para-hydroxylation sites is 1. The number of aliphatic hydroxyl groups is 2. The molecule has 0 saturated carbocycles. The summed E-state index contributed by atoms with van der Waals surface area (Å²) >= 11 is 0. The van der Waals surface area contributed by atoms with E-state index in [1.54, 1.807) is 18.2 Å². The first-order valence-corrected chi connectivity index (χ1v) is 12.3. The van der Waals surface area contributed by atoms with Crippen LogP contribution in [-0.4, -0.2) is 58.4 Å². The van der Waals surface area contributed by atoms with Crippen LogP contribution in [0.15, 0.2) is 71.3 Å². The Kier molecular flexibility index (Phi) is 7.91. The van der Waals surface area contributed by atoms with Crippen LogP contribution in [0.4, 0.5) is 0 Å². The Morgan fingerprint density at radius 1 is 1.14 bits per heavy atom. The van der Waals surface area contributed by atoms with E-state index in [0.717, 1.165) is 21.6 Å². The number of hydrogen-bond acceptors (Lipinski definition) is 6. The molecule has 3 N–H and O–H groups in total. The summed E-state index contributed by atoms with van der Waals surface area (Å²) in [6.45, 7) is 1.78. The number of amides is 2. The van der Waals surface area contributed by atoms with E-state index in [-0.39, 0.29) is 30.8 Å². The third-order valence-electron chi connectivity index (χ3n) is 7.21. The Hall–Kier alpha value is -3.42. The van der Waals surface area contributed by atoms with Gasteiger partial charge in [-0.3, -0.25) is 14.5 Å². The van der Waals surface area contributed by atoms with E-state index in [2.05, 4.69) is 0 Å². The average Bonchev–Trinajstić information content (AvgIpc) is 3.09. The lowest BCUT2D eigenvalue weighted by Crippen LogP contribution is -2.39. The summed E-state index contributed by atoms with van der Waals surface area (Å²) in [5, 5.41) is 31.4. The maximum atomic E-state index is 12.9. The SMILES string of the molecule is C/C(=C\c1cccc(O)c1)CC[C@@H](O)C1=C(COc2ccccc2)C[C@H]2C(=O)N(C)C(=O)[C@H]2[C@H]1CO. The highest BCUT2D eigenvalue weighted by atomic mass is 16.5. The predicted octanol–water partition coefficient (Wildman–Crippen LogP) is 3.56. The van der Waals surface area contributed by atoms with Gasteiger partial charge in [0.2, 0.25) is 11.8 Å². The van der Waals surface area contributed by atoms with Crippen LogP contribution in [0.25, 0.3) is 6.08 Å². The van der Waals surface area contributed by atoms with Gasteiger partial charge in [-0.25, -0.2) is 0 Å². The Balaban J connectivity index is 1.59. The summed E-state index contributed by atoms with van der Waals surface area (Å²) in [6, 6.07) is 16.2. The number of ether oxygens (including phenoxy) is 1. The lowest BCUT2D eigenvalue weighted by molar-refractivity contribution is -0.138. The van der Waals surface area contributed by atoms with Crippen molar-refractivity contribution in [1.29, 1.82) is 0 Å². The van der Waals surface area contributed by atoms with Gasteiger partial charge < -0.3 is 20.1 Å². The molecule has 190 valence electrons. The first-order valence-electron chi connectivity index (χ1n) is 12.3. The smallest absolute Gasteiger partial charge is 0.233 e. The summed E-state index contributed by atoms with van der Waals surface area (Å²) in [5.74, 6) is -1.59. The van der Waals surface area contributed by atoms with Crippen LogP contribution in [0.3, 0.4) is 0 Å². The maximum Gasteiger partial charge on any atom is 0.233 e. The van der Waals surface area contributed by atoms with Crippen molar-refractivity contribution in [3.8, 4) is 11.5 Å². The highest BCUT2D eigenvalue weighted by Gasteiger charge is 2.53. The molecule has 4 atom stereocenters. The minimum atomic E-state index is -0.904. The molecule has 7 heteroatoms. The summed E-state index contributed by atoms with van der Waals surface area (Å²) in [4.78, 5) is 26.8. The number of aliphatic hydroxyl groups excluding tert-OH is 2. The van der Waals surface area contributed by atoms with E-state index >= 15 is 0 Å². The van der Waals surface area contributed by atoms with Crippen molar-refractivity contribution in [2.24, 2.45) is 17.8 Å². The molecule has 2 amide bonds. The zero-order chi connectivity index (χ0) is 25.8. The van der Waals surface area contributed by atoms with Crippen LogP contribution in [0.1, 0.15) is 31.7 Å².